The molecule has 0 atom stereocenters. The van der Waals surface area contributed by atoms with Gasteiger partial charge < -0.3 is 5.73 Å². The molecule has 3 N–H and O–H groups in total. The summed E-state index contributed by atoms with van der Waals surface area (Å²) in [5, 5.41) is 0. The predicted octanol–water partition coefficient (Wildman–Crippen LogP) is 2.54. The first kappa shape index (κ1) is 13.8. The largest absolute Gasteiger partial charge is 0.399 e. The van der Waals surface area contributed by atoms with E-state index in [-0.39, 0.29) is 10.7 Å². The molecule has 2 aromatic rings. The van der Waals surface area contributed by atoms with Crippen LogP contribution in [0.2, 0.25) is 0 Å². The monoisotopic (exact) mass is 341 g/mol. The summed E-state index contributed by atoms with van der Waals surface area (Å²) in [5.74, 6) is 0.275. The Morgan fingerprint density at radius 3 is 2.37 bits per heavy atom. The molecule has 0 amide bonds. The van der Waals surface area contributed by atoms with Gasteiger partial charge in [0, 0.05) is 10.2 Å². The molecule has 19 heavy (non-hydrogen) atoms. The number of halogens is 1. The van der Waals surface area contributed by atoms with Crippen LogP contribution in [0.3, 0.4) is 0 Å². The van der Waals surface area contributed by atoms with E-state index in [9.17, 15) is 8.42 Å². The first-order valence-corrected chi connectivity index (χ1v) is 7.67. The number of sulfonamides is 1. The summed E-state index contributed by atoms with van der Waals surface area (Å²) in [7, 11) is -3.64. The van der Waals surface area contributed by atoms with Gasteiger partial charge in [0.25, 0.3) is 10.0 Å². The van der Waals surface area contributed by atoms with Crippen LogP contribution in [-0.2, 0) is 10.0 Å². The topological polar surface area (TPSA) is 85.1 Å². The Hall–Kier alpha value is -1.60. The fourth-order valence-electron chi connectivity index (χ4n) is 1.44. The summed E-state index contributed by atoms with van der Waals surface area (Å²) < 4.78 is 27.5. The lowest BCUT2D eigenvalue weighted by Gasteiger charge is -2.08. The van der Waals surface area contributed by atoms with Gasteiger partial charge in [-0.05, 0) is 59.3 Å². The van der Waals surface area contributed by atoms with Crippen LogP contribution in [0.25, 0.3) is 0 Å². The Morgan fingerprint density at radius 1 is 1.16 bits per heavy atom. The van der Waals surface area contributed by atoms with Crippen LogP contribution in [0.5, 0.6) is 0 Å². The fraction of sp³-hybridized carbons (Fsp3) is 0.0833. The highest BCUT2D eigenvalue weighted by Gasteiger charge is 2.14. The predicted molar refractivity (Wildman–Crippen MR) is 78.3 cm³/mol. The third-order valence-corrected chi connectivity index (χ3v) is 4.66. The average Bonchev–Trinajstić information content (AvgIpc) is 2.34. The minimum atomic E-state index is -3.64. The average molecular weight is 342 g/mol. The number of aryl methyl sites for hydroxylation is 1. The molecule has 0 unspecified atom stereocenters. The Morgan fingerprint density at radius 2 is 1.79 bits per heavy atom. The van der Waals surface area contributed by atoms with E-state index in [0.29, 0.717) is 11.4 Å². The second-order valence-electron chi connectivity index (χ2n) is 3.94. The highest BCUT2D eigenvalue weighted by atomic mass is 79.9. The number of nitrogen functional groups attached to an aromatic ring is 1. The van der Waals surface area contributed by atoms with Gasteiger partial charge in [-0.2, -0.15) is 0 Å². The number of rotatable bonds is 3. The lowest BCUT2D eigenvalue weighted by Crippen LogP contribution is -2.14. The molecule has 0 aliphatic rings. The van der Waals surface area contributed by atoms with Crippen molar-refractivity contribution in [1.29, 1.82) is 0 Å². The number of hydrogen-bond acceptors (Lipinski definition) is 4. The molecule has 1 aromatic heterocycles. The van der Waals surface area contributed by atoms with Crippen LogP contribution in [0.15, 0.2) is 45.8 Å². The molecule has 1 aromatic carbocycles. The second-order valence-corrected chi connectivity index (χ2v) is 6.47. The molecular weight excluding hydrogens is 330 g/mol. The van der Waals surface area contributed by atoms with Crippen LogP contribution < -0.4 is 10.5 Å². The van der Waals surface area contributed by atoms with E-state index in [1.165, 1.54) is 24.3 Å². The number of pyridine rings is 1. The summed E-state index contributed by atoms with van der Waals surface area (Å²) >= 11 is 3.31. The zero-order valence-corrected chi connectivity index (χ0v) is 12.5. The van der Waals surface area contributed by atoms with Crippen molar-refractivity contribution in [3.8, 4) is 0 Å². The van der Waals surface area contributed by atoms with Crippen LogP contribution in [0, 0.1) is 6.92 Å². The highest BCUT2D eigenvalue weighted by molar-refractivity contribution is 9.10. The van der Waals surface area contributed by atoms with Crippen LogP contribution in [0.1, 0.15) is 5.69 Å². The molecule has 5 nitrogen and oxygen atoms in total. The molecule has 0 saturated carbocycles. The van der Waals surface area contributed by atoms with E-state index in [0.717, 1.165) is 4.47 Å². The number of hydrogen-bond donors (Lipinski definition) is 2. The third kappa shape index (κ3) is 3.24. The van der Waals surface area contributed by atoms with E-state index in [2.05, 4.69) is 25.6 Å². The SMILES string of the molecule is Cc1nc(NS(=O)(=O)c2ccc(N)cc2)ccc1Br. The molecule has 7 heteroatoms. The van der Waals surface area contributed by atoms with E-state index in [1.54, 1.807) is 19.1 Å². The second kappa shape index (κ2) is 5.18. The van der Waals surface area contributed by atoms with Gasteiger partial charge in [0.05, 0.1) is 10.6 Å². The van der Waals surface area contributed by atoms with Crippen molar-refractivity contribution in [3.05, 3.63) is 46.6 Å². The van der Waals surface area contributed by atoms with Gasteiger partial charge in [0.1, 0.15) is 5.82 Å². The summed E-state index contributed by atoms with van der Waals surface area (Å²) in [6, 6.07) is 9.30. The number of aromatic nitrogens is 1. The van der Waals surface area contributed by atoms with Crippen molar-refractivity contribution in [2.24, 2.45) is 0 Å². The molecule has 0 fully saturated rings. The van der Waals surface area contributed by atoms with Gasteiger partial charge in [-0.1, -0.05) is 0 Å². The first-order chi connectivity index (χ1) is 8.88. The molecule has 0 saturated heterocycles. The van der Waals surface area contributed by atoms with Gasteiger partial charge in [-0.15, -0.1) is 0 Å². The van der Waals surface area contributed by atoms with Gasteiger partial charge in [-0.25, -0.2) is 13.4 Å². The van der Waals surface area contributed by atoms with Crippen LogP contribution in [-0.4, -0.2) is 13.4 Å². The maximum absolute atomic E-state index is 12.1. The van der Waals surface area contributed by atoms with Crippen molar-refractivity contribution in [2.45, 2.75) is 11.8 Å². The van der Waals surface area contributed by atoms with Gasteiger partial charge in [-0.3, -0.25) is 4.72 Å². The lowest BCUT2D eigenvalue weighted by molar-refractivity contribution is 0.601. The minimum absolute atomic E-state index is 0.143. The standard InChI is InChI=1S/C12H12BrN3O2S/c1-8-11(13)6-7-12(15-8)16-19(17,18)10-4-2-9(14)3-5-10/h2-7H,14H2,1H3,(H,15,16). The van der Waals surface area contributed by atoms with Gasteiger partial charge in [0.15, 0.2) is 0 Å². The lowest BCUT2D eigenvalue weighted by atomic mass is 10.3. The molecule has 100 valence electrons. The molecule has 0 aliphatic heterocycles. The molecule has 0 bridgehead atoms. The number of nitrogens with two attached hydrogens (primary N) is 1. The Kier molecular flexibility index (Phi) is 3.77. The summed E-state index contributed by atoms with van der Waals surface area (Å²) in [4.78, 5) is 4.28. The molecule has 0 radical (unpaired) electrons. The Bertz CT molecular complexity index is 699. The Labute approximate surface area is 120 Å². The van der Waals surface area contributed by atoms with Crippen molar-refractivity contribution < 1.29 is 8.42 Å². The Balaban J connectivity index is 2.30. The van der Waals surface area contributed by atoms with Gasteiger partial charge in [0.2, 0.25) is 0 Å². The zero-order chi connectivity index (χ0) is 14.0. The summed E-state index contributed by atoms with van der Waals surface area (Å²) in [5.41, 5.74) is 6.74. The first-order valence-electron chi connectivity index (χ1n) is 5.40. The van der Waals surface area contributed by atoms with Crippen molar-refractivity contribution in [2.75, 3.05) is 10.5 Å². The highest BCUT2D eigenvalue weighted by Crippen LogP contribution is 2.19. The summed E-state index contributed by atoms with van der Waals surface area (Å²) in [6.45, 7) is 1.78. The fourth-order valence-corrected chi connectivity index (χ4v) is 2.67. The maximum Gasteiger partial charge on any atom is 0.263 e. The molecule has 2 rings (SSSR count). The van der Waals surface area contributed by atoms with E-state index < -0.39 is 10.0 Å². The van der Waals surface area contributed by atoms with Gasteiger partial charge >= 0.3 is 0 Å². The molecular formula is C12H12BrN3O2S. The number of anilines is 2. The van der Waals surface area contributed by atoms with Crippen molar-refractivity contribution in [3.63, 3.8) is 0 Å². The zero-order valence-electron chi connectivity index (χ0n) is 10.1. The van der Waals surface area contributed by atoms with Crippen molar-refractivity contribution >= 4 is 37.5 Å². The number of benzene rings is 1. The van der Waals surface area contributed by atoms with Crippen molar-refractivity contribution in [1.82, 2.24) is 4.98 Å². The van der Waals surface area contributed by atoms with Crippen LogP contribution in [0.4, 0.5) is 11.5 Å². The van der Waals surface area contributed by atoms with E-state index >= 15 is 0 Å². The maximum atomic E-state index is 12.1. The summed E-state index contributed by atoms with van der Waals surface area (Å²) in [6.07, 6.45) is 0. The minimum Gasteiger partial charge on any atom is -0.399 e. The van der Waals surface area contributed by atoms with E-state index in [1.807, 2.05) is 0 Å². The third-order valence-electron chi connectivity index (χ3n) is 2.45. The molecule has 0 spiro atoms. The van der Waals surface area contributed by atoms with E-state index in [4.69, 9.17) is 5.73 Å². The molecule has 0 aliphatic carbocycles. The molecule has 1 heterocycles. The smallest absolute Gasteiger partial charge is 0.263 e. The van der Waals surface area contributed by atoms with Crippen LogP contribution >= 0.6 is 15.9 Å². The number of nitrogens with zero attached hydrogens (tertiary/aromatic N) is 1. The normalized spacial score (nSPS) is 11.3. The quantitative estimate of drug-likeness (QED) is 0.840. The number of nitrogens with one attached hydrogen (secondary N) is 1.